The molecule has 2 heterocycles. The van der Waals surface area contributed by atoms with E-state index in [-0.39, 0.29) is 10.6 Å². The van der Waals surface area contributed by atoms with Crippen molar-refractivity contribution in [3.63, 3.8) is 0 Å². The second-order valence-corrected chi connectivity index (χ2v) is 10.4. The van der Waals surface area contributed by atoms with Crippen LogP contribution in [0.2, 0.25) is 0 Å². The lowest BCUT2D eigenvalue weighted by atomic mass is 9.66. The number of rotatable bonds is 5. The number of nitro groups is 1. The smallest absolute Gasteiger partial charge is 0.335 e. The van der Waals surface area contributed by atoms with E-state index in [1.165, 1.54) is 38.5 Å². The van der Waals surface area contributed by atoms with Gasteiger partial charge in [-0.3, -0.25) is 15.0 Å². The Kier molecular flexibility index (Phi) is 6.65. The maximum absolute atomic E-state index is 11.1. The van der Waals surface area contributed by atoms with Gasteiger partial charge in [0.1, 0.15) is 0 Å². The highest BCUT2D eigenvalue weighted by Crippen LogP contribution is 2.46. The van der Waals surface area contributed by atoms with Crippen molar-refractivity contribution < 1.29 is 14.8 Å². The average molecular weight is 479 g/mol. The van der Waals surface area contributed by atoms with Gasteiger partial charge in [-0.2, -0.15) is 0 Å². The van der Waals surface area contributed by atoms with Crippen LogP contribution in [0.25, 0.3) is 0 Å². The summed E-state index contributed by atoms with van der Waals surface area (Å²) in [6.07, 6.45) is 7.57. The summed E-state index contributed by atoms with van der Waals surface area (Å²) in [7, 11) is 0. The van der Waals surface area contributed by atoms with E-state index >= 15 is 0 Å². The van der Waals surface area contributed by atoms with Crippen LogP contribution in [0.4, 0.5) is 17.1 Å². The predicted molar refractivity (Wildman–Crippen MR) is 136 cm³/mol. The Morgan fingerprint density at radius 1 is 0.800 bits per heavy atom. The minimum absolute atomic E-state index is 0.144. The molecule has 0 bridgehead atoms. The van der Waals surface area contributed by atoms with E-state index in [1.54, 1.807) is 24.3 Å². The molecule has 3 aliphatic rings. The van der Waals surface area contributed by atoms with Crippen molar-refractivity contribution in [2.24, 2.45) is 5.41 Å². The second kappa shape index (κ2) is 9.85. The average Bonchev–Trinajstić information content (AvgIpc) is 2.90. The van der Waals surface area contributed by atoms with E-state index in [9.17, 15) is 14.9 Å². The number of aromatic carboxylic acids is 1. The minimum atomic E-state index is -0.876. The van der Waals surface area contributed by atoms with Gasteiger partial charge >= 0.3 is 5.97 Å². The first-order valence-corrected chi connectivity index (χ1v) is 12.7. The highest BCUT2D eigenvalue weighted by molar-refractivity contribution is 5.88. The van der Waals surface area contributed by atoms with Crippen molar-refractivity contribution in [3.8, 4) is 0 Å². The minimum Gasteiger partial charge on any atom is -0.478 e. The molecule has 2 saturated heterocycles. The topological polar surface area (TPSA) is 90.2 Å². The molecule has 3 fully saturated rings. The molecule has 0 unspecified atom stereocenters. The Bertz CT molecular complexity index is 1030. The molecule has 35 heavy (non-hydrogen) atoms. The molecule has 2 aromatic rings. The van der Waals surface area contributed by atoms with Crippen molar-refractivity contribution in [3.05, 3.63) is 64.2 Å². The van der Waals surface area contributed by atoms with E-state index in [1.807, 2.05) is 24.3 Å². The summed E-state index contributed by atoms with van der Waals surface area (Å²) < 4.78 is 0. The Morgan fingerprint density at radius 2 is 1.31 bits per heavy atom. The third kappa shape index (κ3) is 5.12. The van der Waals surface area contributed by atoms with Gasteiger partial charge in [0, 0.05) is 68.8 Å². The number of carboxylic acids is 1. The van der Waals surface area contributed by atoms with Crippen molar-refractivity contribution in [1.82, 2.24) is 4.90 Å². The number of carbonyl (C=O) groups is 1. The van der Waals surface area contributed by atoms with Crippen LogP contribution in [-0.2, 0) is 0 Å². The van der Waals surface area contributed by atoms with Gasteiger partial charge in [-0.15, -0.1) is 0 Å². The highest BCUT2D eigenvalue weighted by atomic mass is 16.6. The first kappa shape index (κ1) is 23.6. The Balaban J connectivity index is 1.08. The molecule has 2 aliphatic heterocycles. The fraction of sp³-hybridized carbons (Fsp3) is 0.519. The molecule has 1 N–H and O–H groups in total. The van der Waals surface area contributed by atoms with E-state index < -0.39 is 5.97 Å². The van der Waals surface area contributed by atoms with Gasteiger partial charge in [0.25, 0.3) is 5.69 Å². The van der Waals surface area contributed by atoms with E-state index in [0.29, 0.717) is 17.0 Å². The molecule has 8 nitrogen and oxygen atoms in total. The van der Waals surface area contributed by atoms with E-state index in [2.05, 4.69) is 14.7 Å². The summed E-state index contributed by atoms with van der Waals surface area (Å²) in [5.41, 5.74) is 3.15. The van der Waals surface area contributed by atoms with Crippen LogP contribution >= 0.6 is 0 Å². The van der Waals surface area contributed by atoms with Crippen LogP contribution in [-0.4, -0.2) is 66.2 Å². The largest absolute Gasteiger partial charge is 0.478 e. The Labute approximate surface area is 206 Å². The maximum Gasteiger partial charge on any atom is 0.335 e. The van der Waals surface area contributed by atoms with Crippen LogP contribution in [0.5, 0.6) is 0 Å². The third-order valence-corrected chi connectivity index (χ3v) is 8.58. The van der Waals surface area contributed by atoms with Gasteiger partial charge in [-0.25, -0.2) is 4.79 Å². The molecule has 0 radical (unpaired) electrons. The van der Waals surface area contributed by atoms with Gasteiger partial charge < -0.3 is 14.9 Å². The van der Waals surface area contributed by atoms with Crippen LogP contribution in [0.15, 0.2) is 48.5 Å². The number of nitrogens with zero attached hydrogens (tertiary/aromatic N) is 4. The SMILES string of the molecule is O=C(O)c1ccc(N2CCC3(CCC(N4CCN(c5ccc([N+](=O)[O-])cc5)CC4)CC3)CC2)cc1. The van der Waals surface area contributed by atoms with E-state index in [0.717, 1.165) is 50.6 Å². The summed E-state index contributed by atoms with van der Waals surface area (Å²) in [6.45, 7) is 6.13. The number of hydrogen-bond acceptors (Lipinski definition) is 6. The number of anilines is 2. The van der Waals surface area contributed by atoms with E-state index in [4.69, 9.17) is 5.11 Å². The number of piperazine rings is 1. The van der Waals surface area contributed by atoms with Crippen LogP contribution < -0.4 is 9.80 Å². The summed E-state index contributed by atoms with van der Waals surface area (Å²) >= 11 is 0. The number of carboxylic acid groups (broad SMARTS) is 1. The van der Waals surface area contributed by atoms with Crippen LogP contribution in [0.3, 0.4) is 0 Å². The van der Waals surface area contributed by atoms with Crippen molar-refractivity contribution >= 4 is 23.0 Å². The molecule has 5 rings (SSSR count). The quantitative estimate of drug-likeness (QED) is 0.494. The van der Waals surface area contributed by atoms with Gasteiger partial charge in [0.2, 0.25) is 0 Å². The lowest BCUT2D eigenvalue weighted by Gasteiger charge is -2.49. The first-order chi connectivity index (χ1) is 16.9. The predicted octanol–water partition coefficient (Wildman–Crippen LogP) is 4.64. The summed E-state index contributed by atoms with van der Waals surface area (Å²) in [5.74, 6) is -0.876. The molecular formula is C27H34N4O4. The lowest BCUT2D eigenvalue weighted by molar-refractivity contribution is -0.384. The van der Waals surface area contributed by atoms with Crippen LogP contribution in [0, 0.1) is 15.5 Å². The Morgan fingerprint density at radius 3 is 1.83 bits per heavy atom. The molecule has 8 heteroatoms. The summed E-state index contributed by atoms with van der Waals surface area (Å²) in [4.78, 5) is 29.1. The number of piperidine rings is 1. The Hall–Kier alpha value is -3.13. The van der Waals surface area contributed by atoms with Crippen molar-refractivity contribution in [2.45, 2.75) is 44.6 Å². The zero-order chi connectivity index (χ0) is 24.4. The maximum atomic E-state index is 11.1. The molecule has 1 aliphatic carbocycles. The molecule has 1 saturated carbocycles. The number of hydrogen-bond donors (Lipinski definition) is 1. The van der Waals surface area contributed by atoms with Gasteiger partial charge in [-0.1, -0.05) is 0 Å². The zero-order valence-electron chi connectivity index (χ0n) is 20.1. The number of non-ortho nitro benzene ring substituents is 1. The van der Waals surface area contributed by atoms with Crippen molar-refractivity contribution in [2.75, 3.05) is 49.1 Å². The van der Waals surface area contributed by atoms with Gasteiger partial charge in [0.05, 0.1) is 10.5 Å². The monoisotopic (exact) mass is 478 g/mol. The standard InChI is InChI=1S/C27H34N4O4/c32-26(33)21-1-3-22(4-2-21)28-15-13-27(14-16-28)11-9-24(10-12-27)30-19-17-29(18-20-30)23-5-7-25(8-6-23)31(34)35/h1-8,24H,9-20H2,(H,32,33). The first-order valence-electron chi connectivity index (χ1n) is 12.7. The molecular weight excluding hydrogens is 444 g/mol. The van der Waals surface area contributed by atoms with Gasteiger partial charge in [-0.05, 0) is 80.3 Å². The molecule has 1 spiro atoms. The molecule has 0 amide bonds. The zero-order valence-corrected chi connectivity index (χ0v) is 20.1. The summed E-state index contributed by atoms with van der Waals surface area (Å²) in [6, 6.07) is 14.9. The second-order valence-electron chi connectivity index (χ2n) is 10.4. The number of nitro benzene ring substituents is 1. The fourth-order valence-corrected chi connectivity index (χ4v) is 6.26. The molecule has 0 atom stereocenters. The summed E-state index contributed by atoms with van der Waals surface area (Å²) in [5, 5.41) is 20.0. The normalized spacial score (nSPS) is 21.3. The number of benzene rings is 2. The highest BCUT2D eigenvalue weighted by Gasteiger charge is 2.39. The molecule has 0 aromatic heterocycles. The fourth-order valence-electron chi connectivity index (χ4n) is 6.26. The van der Waals surface area contributed by atoms with Crippen molar-refractivity contribution in [1.29, 1.82) is 0 Å². The van der Waals surface area contributed by atoms with Crippen LogP contribution in [0.1, 0.15) is 48.9 Å². The molecule has 186 valence electrons. The van der Waals surface area contributed by atoms with Gasteiger partial charge in [0.15, 0.2) is 0 Å². The molecule has 2 aromatic carbocycles. The third-order valence-electron chi connectivity index (χ3n) is 8.58. The lowest BCUT2D eigenvalue weighted by Crippen LogP contribution is -2.52.